The molecule has 1 aromatic carbocycles. The zero-order chi connectivity index (χ0) is 20.1. The second kappa shape index (κ2) is 8.34. The van der Waals surface area contributed by atoms with E-state index in [0.717, 1.165) is 5.56 Å². The molecule has 0 atom stereocenters. The lowest BCUT2D eigenvalue weighted by Gasteiger charge is -2.17. The number of ether oxygens (including phenoxy) is 1. The van der Waals surface area contributed by atoms with Gasteiger partial charge in [0.15, 0.2) is 5.76 Å². The van der Waals surface area contributed by atoms with Crippen molar-refractivity contribution in [3.63, 3.8) is 0 Å². The Kier molecular flexibility index (Phi) is 5.69. The lowest BCUT2D eigenvalue weighted by atomic mass is 10.2. The third-order valence-corrected chi connectivity index (χ3v) is 4.10. The first-order valence-electron chi connectivity index (χ1n) is 8.56. The number of oxazole rings is 1. The molecule has 0 radical (unpaired) electrons. The van der Waals surface area contributed by atoms with Crippen molar-refractivity contribution in [3.8, 4) is 17.2 Å². The summed E-state index contributed by atoms with van der Waals surface area (Å²) in [4.78, 5) is 32.6. The van der Waals surface area contributed by atoms with Gasteiger partial charge in [0.1, 0.15) is 12.3 Å². The van der Waals surface area contributed by atoms with E-state index >= 15 is 0 Å². The molecule has 2 aromatic heterocycles. The fraction of sp³-hybridized carbons (Fsp3) is 0.200. The number of aryl methyl sites for hydroxylation is 1. The molecule has 8 nitrogen and oxygen atoms in total. The van der Waals surface area contributed by atoms with Crippen molar-refractivity contribution in [2.75, 3.05) is 13.7 Å². The molecule has 0 aliphatic rings. The quantitative estimate of drug-likeness (QED) is 0.671. The summed E-state index contributed by atoms with van der Waals surface area (Å²) >= 11 is 0. The predicted octanol–water partition coefficient (Wildman–Crippen LogP) is 2.20. The number of carboxylic acids is 1. The Hall–Kier alpha value is -3.68. The number of nitrogens with zero attached hydrogens (tertiary/aromatic N) is 2. The number of aliphatic carboxylic acids is 1. The average Bonchev–Trinajstić information content (AvgIpc) is 3.09. The van der Waals surface area contributed by atoms with Gasteiger partial charge >= 0.3 is 23.5 Å². The Labute approximate surface area is 161 Å². The van der Waals surface area contributed by atoms with E-state index in [-0.39, 0.29) is 12.2 Å². The number of pyridine rings is 1. The number of aromatic amines is 1. The molecule has 2 N–H and O–H groups in total. The van der Waals surface area contributed by atoms with Gasteiger partial charge < -0.3 is 19.2 Å². The van der Waals surface area contributed by atoms with E-state index in [9.17, 15) is 14.7 Å². The Morgan fingerprint density at radius 3 is 2.57 bits per heavy atom. The maximum atomic E-state index is 13.0. The second-order valence-corrected chi connectivity index (χ2v) is 6.09. The van der Waals surface area contributed by atoms with Gasteiger partial charge in [0.05, 0.1) is 24.9 Å². The number of amides is 1. The summed E-state index contributed by atoms with van der Waals surface area (Å²) in [5.74, 6) is -0.120. The summed E-state index contributed by atoms with van der Waals surface area (Å²) in [6.07, 6.45) is 1.59. The zero-order valence-electron chi connectivity index (χ0n) is 15.5. The highest BCUT2D eigenvalue weighted by atomic mass is 16.5. The molecule has 0 unspecified atom stereocenters. The van der Waals surface area contributed by atoms with Crippen molar-refractivity contribution in [2.45, 2.75) is 13.5 Å². The minimum atomic E-state index is -1.11. The van der Waals surface area contributed by atoms with Crippen molar-refractivity contribution < 1.29 is 28.8 Å². The number of aromatic nitrogens is 2. The molecule has 28 heavy (non-hydrogen) atoms. The molecule has 3 aromatic rings. The molecule has 0 spiro atoms. The van der Waals surface area contributed by atoms with Gasteiger partial charge in [-0.2, -0.15) is 4.98 Å². The number of hydrogen-bond donors (Lipinski definition) is 1. The van der Waals surface area contributed by atoms with Crippen LogP contribution < -0.4 is 9.72 Å². The Balaban J connectivity index is 1.87. The molecular weight excluding hydrogens is 362 g/mol. The normalized spacial score (nSPS) is 10.5. The minimum absolute atomic E-state index is 0.0717. The molecule has 1 amide bonds. The molecule has 0 aliphatic carbocycles. The van der Waals surface area contributed by atoms with E-state index in [1.165, 1.54) is 4.90 Å². The highest BCUT2D eigenvalue weighted by Crippen LogP contribution is 2.22. The van der Waals surface area contributed by atoms with Crippen LogP contribution in [0.25, 0.3) is 11.5 Å². The highest BCUT2D eigenvalue weighted by Gasteiger charge is 2.31. The summed E-state index contributed by atoms with van der Waals surface area (Å²) in [5.41, 5.74) is 1.52. The van der Waals surface area contributed by atoms with Gasteiger partial charge in [0, 0.05) is 13.1 Å². The van der Waals surface area contributed by atoms with Crippen molar-refractivity contribution in [3.05, 3.63) is 65.8 Å². The molecule has 0 saturated carbocycles. The van der Waals surface area contributed by atoms with E-state index in [4.69, 9.17) is 9.15 Å². The lowest BCUT2D eigenvalue weighted by Crippen LogP contribution is -2.38. The summed E-state index contributed by atoms with van der Waals surface area (Å²) in [7, 11) is 1.58. The van der Waals surface area contributed by atoms with Crippen LogP contribution in [0, 0.1) is 6.92 Å². The number of hydrogen-bond acceptors (Lipinski definition) is 5. The van der Waals surface area contributed by atoms with Crippen LogP contribution in [0.15, 0.2) is 53.1 Å². The van der Waals surface area contributed by atoms with Crippen LogP contribution in [0.5, 0.6) is 5.75 Å². The number of carbonyl (C=O) groups is 2. The number of nitrogens with one attached hydrogen (secondary N) is 1. The number of rotatable bonds is 7. The predicted molar refractivity (Wildman–Crippen MR) is 98.6 cm³/mol. The lowest BCUT2D eigenvalue weighted by molar-refractivity contribution is -0.373. The molecule has 2 heterocycles. The molecule has 0 bridgehead atoms. The Morgan fingerprint density at radius 2 is 1.96 bits per heavy atom. The average molecular weight is 382 g/mol. The van der Waals surface area contributed by atoms with Gasteiger partial charge in [-0.1, -0.05) is 6.07 Å². The summed E-state index contributed by atoms with van der Waals surface area (Å²) in [6, 6.07) is 12.4. The van der Waals surface area contributed by atoms with Crippen LogP contribution in [0.2, 0.25) is 0 Å². The van der Waals surface area contributed by atoms with Crippen molar-refractivity contribution in [1.82, 2.24) is 9.88 Å². The molecule has 0 saturated heterocycles. The first kappa shape index (κ1) is 19.1. The van der Waals surface area contributed by atoms with Crippen LogP contribution in [0.1, 0.15) is 21.9 Å². The standard InChI is InChI=1S/C20H19N3O5/c1-13-18(22-19(28-13)14-6-8-16(27-2)9-7-14)20(26)23(12-17(24)25)11-15-5-3-4-10-21-15/h3-10H,11-12H2,1-2H3,(H,24,25)/p+1. The van der Waals surface area contributed by atoms with Crippen molar-refractivity contribution in [2.24, 2.45) is 0 Å². The number of methoxy groups -OCH3 is 1. The second-order valence-electron chi connectivity index (χ2n) is 6.09. The minimum Gasteiger partial charge on any atom is -0.497 e. The Bertz CT molecular complexity index is 967. The summed E-state index contributed by atoms with van der Waals surface area (Å²) in [6.45, 7) is 1.27. The fourth-order valence-electron chi connectivity index (χ4n) is 2.72. The third kappa shape index (κ3) is 4.35. The first-order chi connectivity index (χ1) is 13.5. The Morgan fingerprint density at radius 1 is 1.21 bits per heavy atom. The zero-order valence-corrected chi connectivity index (χ0v) is 15.5. The van der Waals surface area contributed by atoms with Crippen LogP contribution in [-0.2, 0) is 11.3 Å². The van der Waals surface area contributed by atoms with Gasteiger partial charge in [-0.15, -0.1) is 0 Å². The van der Waals surface area contributed by atoms with E-state index in [0.29, 0.717) is 23.1 Å². The topological polar surface area (TPSA) is 107 Å². The summed E-state index contributed by atoms with van der Waals surface area (Å²) < 4.78 is 10.8. The number of benzene rings is 1. The SMILES string of the molecule is COc1ccc(-c2[nH+]c(C(=O)N(CC(=O)O)Cc3ccccn3)c(C)o2)cc1. The fourth-order valence-corrected chi connectivity index (χ4v) is 2.72. The van der Waals surface area contributed by atoms with Gasteiger partial charge in [-0.05, 0) is 36.4 Å². The van der Waals surface area contributed by atoms with Crippen LogP contribution >= 0.6 is 0 Å². The molecule has 8 heteroatoms. The maximum absolute atomic E-state index is 13.0. The number of carbonyl (C=O) groups excluding carboxylic acids is 1. The monoisotopic (exact) mass is 382 g/mol. The van der Waals surface area contributed by atoms with E-state index in [1.54, 1.807) is 62.7 Å². The van der Waals surface area contributed by atoms with Crippen LogP contribution in [0.4, 0.5) is 0 Å². The molecule has 144 valence electrons. The molecular formula is C20H20N3O5+. The number of H-pyrrole nitrogens is 1. The highest BCUT2D eigenvalue weighted by molar-refractivity contribution is 5.93. The van der Waals surface area contributed by atoms with Gasteiger partial charge in [-0.25, -0.2) is 0 Å². The van der Waals surface area contributed by atoms with Gasteiger partial charge in [0.2, 0.25) is 0 Å². The van der Waals surface area contributed by atoms with E-state index in [1.807, 2.05) is 0 Å². The summed E-state index contributed by atoms with van der Waals surface area (Å²) in [5, 5.41) is 9.20. The van der Waals surface area contributed by atoms with E-state index < -0.39 is 18.4 Å². The molecule has 0 aliphatic heterocycles. The third-order valence-electron chi connectivity index (χ3n) is 4.10. The van der Waals surface area contributed by atoms with Gasteiger partial charge in [0.25, 0.3) is 0 Å². The molecule has 0 fully saturated rings. The van der Waals surface area contributed by atoms with E-state index in [2.05, 4.69) is 9.97 Å². The largest absolute Gasteiger partial charge is 0.497 e. The smallest absolute Gasteiger partial charge is 0.379 e. The van der Waals surface area contributed by atoms with Crippen LogP contribution in [0.3, 0.4) is 0 Å². The van der Waals surface area contributed by atoms with Crippen LogP contribution in [-0.4, -0.2) is 40.5 Å². The van der Waals surface area contributed by atoms with Crippen molar-refractivity contribution in [1.29, 1.82) is 0 Å². The van der Waals surface area contributed by atoms with Crippen molar-refractivity contribution >= 4 is 11.9 Å². The van der Waals surface area contributed by atoms with Gasteiger partial charge in [-0.3, -0.25) is 14.6 Å². The number of carboxylic acid groups (broad SMARTS) is 1. The molecule has 3 rings (SSSR count). The maximum Gasteiger partial charge on any atom is 0.379 e. The first-order valence-corrected chi connectivity index (χ1v) is 8.56.